The van der Waals surface area contributed by atoms with E-state index in [2.05, 4.69) is 5.32 Å². The Morgan fingerprint density at radius 3 is 2.50 bits per heavy atom. The fraction of sp³-hybridized carbons (Fsp3) is 0.833. The summed E-state index contributed by atoms with van der Waals surface area (Å²) in [5.41, 5.74) is 5.04. The Balaban J connectivity index is 2.60. The maximum Gasteiger partial charge on any atom is 0.326 e. The summed E-state index contributed by atoms with van der Waals surface area (Å²) >= 11 is 0. The van der Waals surface area contributed by atoms with E-state index in [0.717, 1.165) is 6.42 Å². The van der Waals surface area contributed by atoms with E-state index in [1.54, 1.807) is 25.7 Å². The van der Waals surface area contributed by atoms with Crippen molar-refractivity contribution in [2.45, 2.75) is 33.2 Å². The number of carboxylic acids is 1. The number of nitrogens with one attached hydrogen (secondary N) is 1. The van der Waals surface area contributed by atoms with Gasteiger partial charge in [-0.2, -0.15) is 0 Å². The van der Waals surface area contributed by atoms with Gasteiger partial charge in [-0.25, -0.2) is 9.59 Å². The molecule has 0 aromatic heterocycles. The Morgan fingerprint density at radius 2 is 2.11 bits per heavy atom. The summed E-state index contributed by atoms with van der Waals surface area (Å²) in [6.07, 6.45) is 0.886. The number of urea groups is 1. The van der Waals surface area contributed by atoms with Gasteiger partial charge in [0.25, 0.3) is 0 Å². The molecule has 18 heavy (non-hydrogen) atoms. The summed E-state index contributed by atoms with van der Waals surface area (Å²) in [6.45, 7) is 7.19. The molecule has 0 bridgehead atoms. The second-order valence-corrected chi connectivity index (χ2v) is 5.92. The van der Waals surface area contributed by atoms with Crippen LogP contribution in [0.1, 0.15) is 27.2 Å². The van der Waals surface area contributed by atoms with Crippen molar-refractivity contribution >= 4 is 12.0 Å². The third-order valence-corrected chi connectivity index (χ3v) is 3.29. The Bertz CT molecular complexity index is 325. The number of likely N-dealkylation sites (tertiary alicyclic amines) is 1. The van der Waals surface area contributed by atoms with Crippen LogP contribution in [0, 0.1) is 11.3 Å². The molecule has 2 amide bonds. The molecule has 0 saturated carbocycles. The summed E-state index contributed by atoms with van der Waals surface area (Å²) in [5.74, 6) is -0.681. The Kier molecular flexibility index (Phi) is 4.56. The first-order valence-electron chi connectivity index (χ1n) is 6.24. The van der Waals surface area contributed by atoms with E-state index in [1.807, 2.05) is 0 Å². The van der Waals surface area contributed by atoms with Gasteiger partial charge in [-0.3, -0.25) is 0 Å². The predicted molar refractivity (Wildman–Crippen MR) is 68.1 cm³/mol. The van der Waals surface area contributed by atoms with Crippen molar-refractivity contribution in [1.82, 2.24) is 10.2 Å². The van der Waals surface area contributed by atoms with Gasteiger partial charge in [0.1, 0.15) is 6.04 Å². The average Bonchev–Trinajstić information content (AvgIpc) is 2.71. The van der Waals surface area contributed by atoms with E-state index in [9.17, 15) is 9.59 Å². The molecule has 1 aliphatic rings. The first-order chi connectivity index (χ1) is 8.25. The number of rotatable bonds is 3. The number of amides is 2. The minimum Gasteiger partial charge on any atom is -0.480 e. The van der Waals surface area contributed by atoms with Gasteiger partial charge in [0.2, 0.25) is 0 Å². The second-order valence-electron chi connectivity index (χ2n) is 5.92. The van der Waals surface area contributed by atoms with Crippen LogP contribution in [0.25, 0.3) is 0 Å². The lowest BCUT2D eigenvalue weighted by molar-refractivity contribution is -0.142. The molecule has 1 aliphatic heterocycles. The highest BCUT2D eigenvalue weighted by molar-refractivity contribution is 5.83. The SMILES string of the molecule is CC(C)(C)C(NC(=O)N1CCC(CN)C1)C(=O)O. The molecule has 104 valence electrons. The van der Waals surface area contributed by atoms with Gasteiger partial charge < -0.3 is 21.1 Å². The number of hydrogen-bond donors (Lipinski definition) is 3. The summed E-state index contributed by atoms with van der Waals surface area (Å²) < 4.78 is 0. The van der Waals surface area contributed by atoms with Crippen molar-refractivity contribution in [2.75, 3.05) is 19.6 Å². The first-order valence-corrected chi connectivity index (χ1v) is 6.24. The molecule has 6 nitrogen and oxygen atoms in total. The lowest BCUT2D eigenvalue weighted by Gasteiger charge is -2.29. The van der Waals surface area contributed by atoms with Crippen LogP contribution in [-0.4, -0.2) is 47.7 Å². The quantitative estimate of drug-likeness (QED) is 0.685. The standard InChI is InChI=1S/C12H23N3O3/c1-12(2,3)9(10(16)17)14-11(18)15-5-4-8(6-13)7-15/h8-9H,4-7,13H2,1-3H3,(H,14,18)(H,16,17). The number of nitrogens with zero attached hydrogens (tertiary/aromatic N) is 1. The van der Waals surface area contributed by atoms with Gasteiger partial charge in [-0.05, 0) is 24.3 Å². The topological polar surface area (TPSA) is 95.7 Å². The summed E-state index contributed by atoms with van der Waals surface area (Å²) in [7, 11) is 0. The van der Waals surface area contributed by atoms with Gasteiger partial charge >= 0.3 is 12.0 Å². The van der Waals surface area contributed by atoms with Crippen LogP contribution in [-0.2, 0) is 4.79 Å². The Hall–Kier alpha value is -1.30. The van der Waals surface area contributed by atoms with Crippen molar-refractivity contribution in [1.29, 1.82) is 0 Å². The molecule has 4 N–H and O–H groups in total. The van der Waals surface area contributed by atoms with Gasteiger partial charge in [0.05, 0.1) is 0 Å². The third kappa shape index (κ3) is 3.60. The van der Waals surface area contributed by atoms with Crippen LogP contribution in [0.15, 0.2) is 0 Å². The van der Waals surface area contributed by atoms with Crippen LogP contribution in [0.2, 0.25) is 0 Å². The van der Waals surface area contributed by atoms with Crippen molar-refractivity contribution in [3.8, 4) is 0 Å². The number of nitrogens with two attached hydrogens (primary N) is 1. The van der Waals surface area contributed by atoms with Crippen molar-refractivity contribution in [2.24, 2.45) is 17.1 Å². The smallest absolute Gasteiger partial charge is 0.326 e. The Morgan fingerprint density at radius 1 is 1.50 bits per heavy atom. The van der Waals surface area contributed by atoms with Gasteiger partial charge in [-0.15, -0.1) is 0 Å². The summed E-state index contributed by atoms with van der Waals surface area (Å²) in [5, 5.41) is 11.7. The highest BCUT2D eigenvalue weighted by Crippen LogP contribution is 2.21. The van der Waals surface area contributed by atoms with E-state index >= 15 is 0 Å². The van der Waals surface area contributed by atoms with E-state index in [4.69, 9.17) is 10.8 Å². The maximum atomic E-state index is 12.0. The molecule has 0 radical (unpaired) electrons. The van der Waals surface area contributed by atoms with Crippen LogP contribution in [0.5, 0.6) is 0 Å². The molecule has 6 heteroatoms. The first kappa shape index (κ1) is 14.8. The average molecular weight is 257 g/mol. The molecule has 2 atom stereocenters. The third-order valence-electron chi connectivity index (χ3n) is 3.29. The van der Waals surface area contributed by atoms with E-state index in [-0.39, 0.29) is 6.03 Å². The minimum absolute atomic E-state index is 0.312. The molecule has 0 aromatic rings. The molecule has 1 fully saturated rings. The van der Waals surface area contributed by atoms with Crippen molar-refractivity contribution in [3.05, 3.63) is 0 Å². The zero-order valence-electron chi connectivity index (χ0n) is 11.3. The van der Waals surface area contributed by atoms with E-state index in [0.29, 0.717) is 25.6 Å². The number of carbonyl (C=O) groups excluding carboxylic acids is 1. The summed E-state index contributed by atoms with van der Waals surface area (Å²) in [4.78, 5) is 24.8. The monoisotopic (exact) mass is 257 g/mol. The molecular weight excluding hydrogens is 234 g/mol. The lowest BCUT2D eigenvalue weighted by Crippen LogP contribution is -2.53. The highest BCUT2D eigenvalue weighted by Gasteiger charge is 2.35. The molecule has 0 spiro atoms. The van der Waals surface area contributed by atoms with Crippen molar-refractivity contribution < 1.29 is 14.7 Å². The zero-order chi connectivity index (χ0) is 13.9. The zero-order valence-corrected chi connectivity index (χ0v) is 11.3. The fourth-order valence-corrected chi connectivity index (χ4v) is 2.07. The van der Waals surface area contributed by atoms with Gasteiger partial charge in [0, 0.05) is 13.1 Å². The number of carbonyl (C=O) groups is 2. The van der Waals surface area contributed by atoms with Gasteiger partial charge in [0.15, 0.2) is 0 Å². The molecular formula is C12H23N3O3. The van der Waals surface area contributed by atoms with E-state index < -0.39 is 17.4 Å². The molecule has 0 aromatic carbocycles. The van der Waals surface area contributed by atoms with Gasteiger partial charge in [-0.1, -0.05) is 20.8 Å². The maximum absolute atomic E-state index is 12.0. The lowest BCUT2D eigenvalue weighted by atomic mass is 9.87. The number of carboxylic acid groups (broad SMARTS) is 1. The molecule has 2 unspecified atom stereocenters. The Labute approximate surface area is 108 Å². The van der Waals surface area contributed by atoms with Crippen LogP contribution >= 0.6 is 0 Å². The normalized spacial score (nSPS) is 21.8. The largest absolute Gasteiger partial charge is 0.480 e. The molecule has 1 heterocycles. The minimum atomic E-state index is -1.01. The summed E-state index contributed by atoms with van der Waals surface area (Å²) in [6, 6.07) is -1.20. The fourth-order valence-electron chi connectivity index (χ4n) is 2.07. The molecule has 1 rings (SSSR count). The van der Waals surface area contributed by atoms with Crippen LogP contribution < -0.4 is 11.1 Å². The molecule has 0 aliphatic carbocycles. The van der Waals surface area contributed by atoms with E-state index in [1.165, 1.54) is 0 Å². The highest BCUT2D eigenvalue weighted by atomic mass is 16.4. The van der Waals surface area contributed by atoms with Crippen LogP contribution in [0.4, 0.5) is 4.79 Å². The predicted octanol–water partition coefficient (Wildman–Crippen LogP) is 0.476. The number of aliphatic carboxylic acids is 1. The second kappa shape index (κ2) is 5.56. The van der Waals surface area contributed by atoms with Crippen LogP contribution in [0.3, 0.4) is 0 Å². The van der Waals surface area contributed by atoms with Crippen molar-refractivity contribution in [3.63, 3.8) is 0 Å². The number of hydrogen-bond acceptors (Lipinski definition) is 3. The molecule has 1 saturated heterocycles.